The van der Waals surface area contributed by atoms with E-state index in [-0.39, 0.29) is 5.91 Å². The van der Waals surface area contributed by atoms with Crippen molar-refractivity contribution in [2.45, 2.75) is 18.9 Å². The molecule has 3 heterocycles. The fourth-order valence-corrected chi connectivity index (χ4v) is 5.43. The summed E-state index contributed by atoms with van der Waals surface area (Å²) >= 11 is 0. The number of methoxy groups -OCH3 is 1. The predicted octanol–water partition coefficient (Wildman–Crippen LogP) is 5.08. The summed E-state index contributed by atoms with van der Waals surface area (Å²) in [5.41, 5.74) is 5.24. The Bertz CT molecular complexity index is 1590. The van der Waals surface area contributed by atoms with Crippen LogP contribution in [0.25, 0.3) is 22.2 Å². The molecule has 0 bridgehead atoms. The summed E-state index contributed by atoms with van der Waals surface area (Å²) in [7, 11) is 3.64. The number of fused-ring (bicyclic) bond motifs is 1. The van der Waals surface area contributed by atoms with E-state index in [4.69, 9.17) is 14.5 Å². The first-order valence-electron chi connectivity index (χ1n) is 14.4. The summed E-state index contributed by atoms with van der Waals surface area (Å²) in [4.78, 5) is 26.3. The molecular formula is C32H37N7O3. The lowest BCUT2D eigenvalue weighted by Crippen LogP contribution is -2.40. The molecule has 6 rings (SSSR count). The molecule has 1 aliphatic heterocycles. The molecule has 1 saturated heterocycles. The molecule has 2 N–H and O–H groups in total. The van der Waals surface area contributed by atoms with E-state index in [1.165, 1.54) is 29.8 Å². The molecule has 1 aliphatic carbocycles. The second kappa shape index (κ2) is 12.2. The summed E-state index contributed by atoms with van der Waals surface area (Å²) < 4.78 is 13.6. The van der Waals surface area contributed by atoms with Gasteiger partial charge >= 0.3 is 0 Å². The zero-order chi connectivity index (χ0) is 29.1. The van der Waals surface area contributed by atoms with Gasteiger partial charge in [-0.1, -0.05) is 24.8 Å². The number of nitrogens with one attached hydrogen (secondary N) is 2. The smallest absolute Gasteiger partial charge is 0.247 e. The quantitative estimate of drug-likeness (QED) is 0.242. The molecule has 218 valence electrons. The van der Waals surface area contributed by atoms with Crippen LogP contribution in [0.5, 0.6) is 5.75 Å². The van der Waals surface area contributed by atoms with Gasteiger partial charge < -0.3 is 29.6 Å². The first-order valence-corrected chi connectivity index (χ1v) is 14.4. The van der Waals surface area contributed by atoms with Crippen LogP contribution in [0.2, 0.25) is 0 Å². The van der Waals surface area contributed by atoms with Crippen LogP contribution in [0.4, 0.5) is 23.0 Å². The van der Waals surface area contributed by atoms with Crippen molar-refractivity contribution < 1.29 is 14.3 Å². The Labute approximate surface area is 246 Å². The van der Waals surface area contributed by atoms with Crippen molar-refractivity contribution >= 4 is 39.8 Å². The van der Waals surface area contributed by atoms with Gasteiger partial charge in [0.25, 0.3) is 0 Å². The Kier molecular flexibility index (Phi) is 8.07. The van der Waals surface area contributed by atoms with Gasteiger partial charge in [-0.15, -0.1) is 0 Å². The first kappa shape index (κ1) is 27.7. The summed E-state index contributed by atoms with van der Waals surface area (Å²) in [5.74, 6) is 0.752. The number of para-hydroxylation sites is 1. The zero-order valence-corrected chi connectivity index (χ0v) is 24.2. The van der Waals surface area contributed by atoms with Gasteiger partial charge in [0.1, 0.15) is 5.75 Å². The van der Waals surface area contributed by atoms with E-state index in [1.54, 1.807) is 13.3 Å². The number of amides is 1. The number of morpholine rings is 1. The van der Waals surface area contributed by atoms with E-state index in [0.717, 1.165) is 56.3 Å². The second-order valence-electron chi connectivity index (χ2n) is 10.7. The number of likely N-dealkylation sites (N-methyl/N-ethyl adjacent to an activating group) is 1. The highest BCUT2D eigenvalue weighted by Gasteiger charge is 2.26. The molecule has 2 aromatic carbocycles. The van der Waals surface area contributed by atoms with Crippen molar-refractivity contribution in [1.29, 1.82) is 0 Å². The van der Waals surface area contributed by atoms with Gasteiger partial charge in [-0.25, -0.2) is 9.97 Å². The SMILES string of the molecule is C=CC(=O)Nc1cc(Nc2nccc(-c3cn(C4CC4)c4ccccc34)n2)c(OC)cc1N(C)CCN1CCOCC1. The molecular weight excluding hydrogens is 530 g/mol. The van der Waals surface area contributed by atoms with Crippen LogP contribution >= 0.6 is 0 Å². The van der Waals surface area contributed by atoms with E-state index in [1.807, 2.05) is 25.2 Å². The van der Waals surface area contributed by atoms with Crippen molar-refractivity contribution in [1.82, 2.24) is 19.4 Å². The molecule has 10 heteroatoms. The average Bonchev–Trinajstić information content (AvgIpc) is 3.80. The first-order chi connectivity index (χ1) is 20.5. The van der Waals surface area contributed by atoms with Crippen molar-refractivity contribution in [3.63, 3.8) is 0 Å². The van der Waals surface area contributed by atoms with Gasteiger partial charge in [-0.05, 0) is 37.1 Å². The van der Waals surface area contributed by atoms with Crippen LogP contribution < -0.4 is 20.3 Å². The largest absolute Gasteiger partial charge is 0.494 e. The van der Waals surface area contributed by atoms with Gasteiger partial charge in [0, 0.05) is 74.2 Å². The number of rotatable bonds is 11. The topological polar surface area (TPSA) is 96.8 Å². The maximum absolute atomic E-state index is 12.4. The minimum atomic E-state index is -0.292. The molecule has 2 aliphatic rings. The van der Waals surface area contributed by atoms with Gasteiger partial charge in [-0.3, -0.25) is 9.69 Å². The van der Waals surface area contributed by atoms with Crippen LogP contribution in [-0.2, 0) is 9.53 Å². The highest BCUT2D eigenvalue weighted by molar-refractivity contribution is 6.02. The van der Waals surface area contributed by atoms with E-state index in [2.05, 4.69) is 67.0 Å². The van der Waals surface area contributed by atoms with E-state index in [9.17, 15) is 4.79 Å². The fraction of sp³-hybridized carbons (Fsp3) is 0.344. The van der Waals surface area contributed by atoms with E-state index >= 15 is 0 Å². The number of anilines is 4. The molecule has 0 unspecified atom stereocenters. The Balaban J connectivity index is 1.29. The van der Waals surface area contributed by atoms with Crippen molar-refractivity contribution in [3.05, 3.63) is 67.5 Å². The van der Waals surface area contributed by atoms with Crippen molar-refractivity contribution in [3.8, 4) is 17.0 Å². The van der Waals surface area contributed by atoms with Crippen LogP contribution in [0.3, 0.4) is 0 Å². The van der Waals surface area contributed by atoms with Crippen molar-refractivity contribution in [2.24, 2.45) is 0 Å². The van der Waals surface area contributed by atoms with Crippen LogP contribution in [0.1, 0.15) is 18.9 Å². The summed E-state index contributed by atoms with van der Waals surface area (Å²) in [6.07, 6.45) is 7.64. The van der Waals surface area contributed by atoms with Gasteiger partial charge in [-0.2, -0.15) is 0 Å². The van der Waals surface area contributed by atoms with E-state index < -0.39 is 0 Å². The number of hydrogen-bond donors (Lipinski definition) is 2. The highest BCUT2D eigenvalue weighted by Crippen LogP contribution is 2.41. The molecule has 42 heavy (non-hydrogen) atoms. The lowest BCUT2D eigenvalue weighted by atomic mass is 10.1. The molecule has 0 atom stereocenters. The van der Waals surface area contributed by atoms with E-state index in [0.29, 0.717) is 29.1 Å². The van der Waals surface area contributed by atoms with Crippen LogP contribution in [0, 0.1) is 0 Å². The minimum absolute atomic E-state index is 0.292. The van der Waals surface area contributed by atoms with Crippen molar-refractivity contribution in [2.75, 3.05) is 69.1 Å². The highest BCUT2D eigenvalue weighted by atomic mass is 16.5. The van der Waals surface area contributed by atoms with Crippen LogP contribution in [-0.4, -0.2) is 78.9 Å². The van der Waals surface area contributed by atoms with Gasteiger partial charge in [0.15, 0.2) is 0 Å². The number of carbonyl (C=O) groups is 1. The average molecular weight is 568 g/mol. The summed E-state index contributed by atoms with van der Waals surface area (Å²) in [5, 5.41) is 7.47. The Morgan fingerprint density at radius 3 is 2.76 bits per heavy atom. The molecule has 0 radical (unpaired) electrons. The number of aromatic nitrogens is 3. The molecule has 10 nitrogen and oxygen atoms in total. The summed E-state index contributed by atoms with van der Waals surface area (Å²) in [6, 6.07) is 14.7. The lowest BCUT2D eigenvalue weighted by molar-refractivity contribution is -0.111. The number of benzene rings is 2. The molecule has 1 saturated carbocycles. The molecule has 0 spiro atoms. The second-order valence-corrected chi connectivity index (χ2v) is 10.7. The Morgan fingerprint density at radius 1 is 1.19 bits per heavy atom. The predicted molar refractivity (Wildman–Crippen MR) is 167 cm³/mol. The number of ether oxygens (including phenoxy) is 2. The fourth-order valence-electron chi connectivity index (χ4n) is 5.43. The third kappa shape index (κ3) is 5.95. The number of carbonyl (C=O) groups excluding carboxylic acids is 1. The molecule has 2 fully saturated rings. The van der Waals surface area contributed by atoms with Gasteiger partial charge in [0.05, 0.1) is 43.1 Å². The molecule has 4 aromatic rings. The summed E-state index contributed by atoms with van der Waals surface area (Å²) in [6.45, 7) is 8.62. The Morgan fingerprint density at radius 2 is 2.00 bits per heavy atom. The maximum atomic E-state index is 12.4. The molecule has 1 amide bonds. The normalized spacial score (nSPS) is 15.4. The third-order valence-electron chi connectivity index (χ3n) is 7.89. The number of hydrogen-bond acceptors (Lipinski definition) is 8. The maximum Gasteiger partial charge on any atom is 0.247 e. The standard InChI is InChI=1S/C32H37N7O3/c1-4-31(40)34-26-19-27(30(41-3)20-29(26)37(2)13-14-38-15-17-42-18-16-38)36-32-33-12-11-25(35-32)24-21-39(22-9-10-22)28-8-6-5-7-23(24)28/h4-8,11-12,19-22H,1,9-10,13-18H2,2-3H3,(H,34,40)(H,33,35,36). The third-order valence-corrected chi connectivity index (χ3v) is 7.89. The van der Waals surface area contributed by atoms with Gasteiger partial charge in [0.2, 0.25) is 11.9 Å². The minimum Gasteiger partial charge on any atom is -0.494 e. The lowest BCUT2D eigenvalue weighted by Gasteiger charge is -2.30. The van der Waals surface area contributed by atoms with Crippen LogP contribution in [0.15, 0.2) is 67.5 Å². The Hall–Kier alpha value is -4.41. The number of nitrogens with zero attached hydrogens (tertiary/aromatic N) is 5. The molecule has 2 aromatic heterocycles. The monoisotopic (exact) mass is 567 g/mol. The zero-order valence-electron chi connectivity index (χ0n) is 24.2.